The second-order valence-electron chi connectivity index (χ2n) is 5.20. The van der Waals surface area contributed by atoms with Gasteiger partial charge in [-0.3, -0.25) is 0 Å². The molecule has 0 heterocycles. The summed E-state index contributed by atoms with van der Waals surface area (Å²) in [6, 6.07) is 2.71. The second-order valence-corrected chi connectivity index (χ2v) is 5.61. The van der Waals surface area contributed by atoms with Crippen LogP contribution >= 0.6 is 11.6 Å². The zero-order chi connectivity index (χ0) is 13.8. The van der Waals surface area contributed by atoms with Crippen LogP contribution in [0.5, 0.6) is 0 Å². The highest BCUT2D eigenvalue weighted by molar-refractivity contribution is 6.31. The van der Waals surface area contributed by atoms with Crippen molar-refractivity contribution < 1.29 is 9.50 Å². The summed E-state index contributed by atoms with van der Waals surface area (Å²) in [6.07, 6.45) is 1.63. The Morgan fingerprint density at radius 3 is 2.72 bits per heavy atom. The minimum atomic E-state index is -0.485. The molecule has 0 aromatic heterocycles. The third-order valence-corrected chi connectivity index (χ3v) is 3.15. The molecule has 0 radical (unpaired) electrons. The van der Waals surface area contributed by atoms with Crippen LogP contribution in [-0.2, 0) is 0 Å². The first-order valence-electron chi connectivity index (χ1n) is 5.95. The first-order chi connectivity index (χ1) is 8.35. The fraction of sp³-hybridized carbons (Fsp3) is 0.538. The summed E-state index contributed by atoms with van der Waals surface area (Å²) in [4.78, 5) is 0. The molecule has 0 saturated carbocycles. The molecule has 0 saturated heterocycles. The third kappa shape index (κ3) is 4.35. The topological polar surface area (TPSA) is 58.3 Å². The summed E-state index contributed by atoms with van der Waals surface area (Å²) in [5, 5.41) is 12.0. The maximum Gasteiger partial charge on any atom is 0.143 e. The van der Waals surface area contributed by atoms with Crippen molar-refractivity contribution in [2.75, 3.05) is 24.2 Å². The molecular weight excluding hydrogens is 255 g/mol. The van der Waals surface area contributed by atoms with Crippen LogP contribution in [0.4, 0.5) is 15.8 Å². The smallest absolute Gasteiger partial charge is 0.143 e. The van der Waals surface area contributed by atoms with Gasteiger partial charge in [0.05, 0.1) is 16.4 Å². The highest BCUT2D eigenvalue weighted by atomic mass is 35.5. The maximum atomic E-state index is 13.3. The maximum absolute atomic E-state index is 13.3. The predicted molar refractivity (Wildman–Crippen MR) is 74.4 cm³/mol. The lowest BCUT2D eigenvalue weighted by atomic mass is 9.88. The molecule has 5 heteroatoms. The highest BCUT2D eigenvalue weighted by Gasteiger charge is 2.17. The number of halogens is 2. The molecule has 0 aliphatic heterocycles. The predicted octanol–water partition coefficient (Wildman–Crippen LogP) is 3.27. The number of hydrogen-bond donors (Lipinski definition) is 3. The summed E-state index contributed by atoms with van der Waals surface area (Å²) in [6.45, 7) is 5.00. The lowest BCUT2D eigenvalue weighted by molar-refractivity contribution is 0.248. The van der Waals surface area contributed by atoms with Gasteiger partial charge in [0.25, 0.3) is 0 Å². The Balaban J connectivity index is 2.66. The van der Waals surface area contributed by atoms with E-state index >= 15 is 0 Å². The molecule has 3 nitrogen and oxygen atoms in total. The number of rotatable bonds is 6. The van der Waals surface area contributed by atoms with Crippen LogP contribution in [-0.4, -0.2) is 18.3 Å². The minimum Gasteiger partial charge on any atom is -0.397 e. The summed E-state index contributed by atoms with van der Waals surface area (Å²) < 4.78 is 13.3. The van der Waals surface area contributed by atoms with Gasteiger partial charge in [-0.05, 0) is 24.3 Å². The molecule has 4 N–H and O–H groups in total. The monoisotopic (exact) mass is 274 g/mol. The Morgan fingerprint density at radius 2 is 2.11 bits per heavy atom. The average Bonchev–Trinajstić information content (AvgIpc) is 2.30. The standard InChI is InChI=1S/C13H20ClFN2O/c1-13(2,4-3-5-18)8-17-12-7-10(15)9(14)6-11(12)16/h6-7,17-18H,3-5,8,16H2,1-2H3. The molecule has 18 heavy (non-hydrogen) atoms. The fourth-order valence-electron chi connectivity index (χ4n) is 1.70. The van der Waals surface area contributed by atoms with Gasteiger partial charge >= 0.3 is 0 Å². The first kappa shape index (κ1) is 15.1. The molecular formula is C13H20ClFN2O. The number of nitrogens with two attached hydrogens (primary N) is 1. The van der Waals surface area contributed by atoms with Crippen LogP contribution in [0.2, 0.25) is 5.02 Å². The Kier molecular flexibility index (Phi) is 5.23. The minimum absolute atomic E-state index is 0.00524. The lowest BCUT2D eigenvalue weighted by Crippen LogP contribution is -2.23. The lowest BCUT2D eigenvalue weighted by Gasteiger charge is -2.25. The average molecular weight is 275 g/mol. The van der Waals surface area contributed by atoms with Crippen molar-refractivity contribution in [1.82, 2.24) is 0 Å². The molecule has 0 spiro atoms. The quantitative estimate of drug-likeness (QED) is 0.698. The molecule has 0 unspecified atom stereocenters. The van der Waals surface area contributed by atoms with Crippen molar-refractivity contribution in [3.8, 4) is 0 Å². The number of anilines is 2. The number of hydrogen-bond acceptors (Lipinski definition) is 3. The van der Waals surface area contributed by atoms with Gasteiger partial charge in [-0.25, -0.2) is 4.39 Å². The van der Waals surface area contributed by atoms with Crippen LogP contribution < -0.4 is 11.1 Å². The molecule has 0 aliphatic rings. The Bertz CT molecular complexity index is 410. The summed E-state index contributed by atoms with van der Waals surface area (Å²) >= 11 is 5.63. The number of nitrogen functional groups attached to an aromatic ring is 1. The van der Waals surface area contributed by atoms with E-state index in [2.05, 4.69) is 19.2 Å². The van der Waals surface area contributed by atoms with Gasteiger partial charge in [-0.1, -0.05) is 25.4 Å². The Labute approximate surface area is 112 Å². The van der Waals surface area contributed by atoms with E-state index in [0.717, 1.165) is 12.8 Å². The van der Waals surface area contributed by atoms with E-state index in [1.54, 1.807) is 0 Å². The third-order valence-electron chi connectivity index (χ3n) is 2.86. The van der Waals surface area contributed by atoms with Gasteiger partial charge in [0.1, 0.15) is 5.82 Å². The molecule has 1 aromatic carbocycles. The molecule has 0 fully saturated rings. The summed E-state index contributed by atoms with van der Waals surface area (Å²) in [7, 11) is 0. The van der Waals surface area contributed by atoms with Gasteiger partial charge in [-0.2, -0.15) is 0 Å². The van der Waals surface area contributed by atoms with Gasteiger partial charge in [-0.15, -0.1) is 0 Å². The van der Waals surface area contributed by atoms with Crippen molar-refractivity contribution in [2.45, 2.75) is 26.7 Å². The molecule has 0 aliphatic carbocycles. The van der Waals surface area contributed by atoms with Gasteiger partial charge < -0.3 is 16.2 Å². The van der Waals surface area contributed by atoms with Crippen molar-refractivity contribution in [3.05, 3.63) is 23.0 Å². The van der Waals surface area contributed by atoms with Gasteiger partial charge in [0.2, 0.25) is 0 Å². The molecule has 0 bridgehead atoms. The fourth-order valence-corrected chi connectivity index (χ4v) is 1.87. The van der Waals surface area contributed by atoms with E-state index in [4.69, 9.17) is 22.4 Å². The highest BCUT2D eigenvalue weighted by Crippen LogP contribution is 2.28. The van der Waals surface area contributed by atoms with Gasteiger partial charge in [0.15, 0.2) is 0 Å². The Morgan fingerprint density at radius 1 is 1.44 bits per heavy atom. The summed E-state index contributed by atoms with van der Waals surface area (Å²) in [5.41, 5.74) is 6.75. The molecule has 0 atom stereocenters. The van der Waals surface area contributed by atoms with Crippen LogP contribution in [0.3, 0.4) is 0 Å². The molecule has 0 amide bonds. The van der Waals surface area contributed by atoms with E-state index in [1.807, 2.05) is 0 Å². The first-order valence-corrected chi connectivity index (χ1v) is 6.33. The number of aliphatic hydroxyl groups is 1. The van der Waals surface area contributed by atoms with Crippen molar-refractivity contribution >= 4 is 23.0 Å². The van der Waals surface area contributed by atoms with E-state index in [1.165, 1.54) is 12.1 Å². The number of nitrogens with one attached hydrogen (secondary N) is 1. The summed E-state index contributed by atoms with van der Waals surface area (Å²) in [5.74, 6) is -0.485. The number of benzene rings is 1. The van der Waals surface area contributed by atoms with Crippen LogP contribution in [0.1, 0.15) is 26.7 Å². The van der Waals surface area contributed by atoms with E-state index in [9.17, 15) is 4.39 Å². The largest absolute Gasteiger partial charge is 0.397 e. The van der Waals surface area contributed by atoms with Crippen molar-refractivity contribution in [2.24, 2.45) is 5.41 Å². The zero-order valence-corrected chi connectivity index (χ0v) is 11.5. The number of aliphatic hydroxyl groups excluding tert-OH is 1. The van der Waals surface area contributed by atoms with E-state index < -0.39 is 5.82 Å². The normalized spacial score (nSPS) is 11.6. The van der Waals surface area contributed by atoms with Crippen LogP contribution in [0.15, 0.2) is 12.1 Å². The zero-order valence-electron chi connectivity index (χ0n) is 10.8. The SMILES string of the molecule is CC(C)(CCCO)CNc1cc(F)c(Cl)cc1N. The second kappa shape index (κ2) is 6.25. The van der Waals surface area contributed by atoms with Crippen molar-refractivity contribution in [1.29, 1.82) is 0 Å². The van der Waals surface area contributed by atoms with Crippen LogP contribution in [0.25, 0.3) is 0 Å². The van der Waals surface area contributed by atoms with E-state index in [-0.39, 0.29) is 17.0 Å². The molecule has 102 valence electrons. The van der Waals surface area contributed by atoms with Crippen LogP contribution in [0, 0.1) is 11.2 Å². The molecule has 1 rings (SSSR count). The van der Waals surface area contributed by atoms with Gasteiger partial charge in [0, 0.05) is 19.2 Å². The van der Waals surface area contributed by atoms with Crippen molar-refractivity contribution in [3.63, 3.8) is 0 Å². The Hall–Kier alpha value is -1.00. The molecule has 1 aromatic rings. The van der Waals surface area contributed by atoms with E-state index in [0.29, 0.717) is 17.9 Å².